The van der Waals surface area contributed by atoms with Crippen LogP contribution in [0.3, 0.4) is 0 Å². The largest absolute Gasteiger partial charge is 0.495 e. The fourth-order valence-corrected chi connectivity index (χ4v) is 4.94. The number of carbonyl (C=O) groups excluding carboxylic acids is 1. The lowest BCUT2D eigenvalue weighted by atomic mass is 9.97. The van der Waals surface area contributed by atoms with Crippen LogP contribution in [-0.2, 0) is 9.53 Å². The third-order valence-corrected chi connectivity index (χ3v) is 6.94. The Labute approximate surface area is 225 Å². The maximum absolute atomic E-state index is 11.9. The van der Waals surface area contributed by atoms with Crippen LogP contribution in [0.2, 0.25) is 10.0 Å². The van der Waals surface area contributed by atoms with Gasteiger partial charge in [0.15, 0.2) is 6.23 Å². The highest BCUT2D eigenvalue weighted by atomic mass is 35.5. The monoisotopic (exact) mass is 549 g/mol. The van der Waals surface area contributed by atoms with Crippen LogP contribution in [0.25, 0.3) is 11.6 Å². The molecule has 0 aliphatic carbocycles. The quantitative estimate of drug-likeness (QED) is 0.455. The van der Waals surface area contributed by atoms with Gasteiger partial charge in [-0.3, -0.25) is 4.79 Å². The predicted octanol–water partition coefficient (Wildman–Crippen LogP) is 3.32. The minimum atomic E-state index is -1.16. The number of hydrogen-bond donors (Lipinski definition) is 2. The van der Waals surface area contributed by atoms with Crippen molar-refractivity contribution >= 4 is 52.5 Å². The van der Waals surface area contributed by atoms with Crippen LogP contribution < -0.4 is 19.7 Å². The Morgan fingerprint density at radius 1 is 1.24 bits per heavy atom. The van der Waals surface area contributed by atoms with E-state index in [1.807, 2.05) is 0 Å². The summed E-state index contributed by atoms with van der Waals surface area (Å²) >= 11 is 13.3. The second kappa shape index (κ2) is 11.6. The van der Waals surface area contributed by atoms with Gasteiger partial charge in [0, 0.05) is 55.6 Å². The number of aliphatic hydroxyl groups excluding tert-OH is 1. The highest BCUT2D eigenvalue weighted by molar-refractivity contribution is 6.40. The molecule has 0 saturated carbocycles. The topological polar surface area (TPSA) is 109 Å². The third kappa shape index (κ3) is 5.33. The lowest BCUT2D eigenvalue weighted by molar-refractivity contribution is -0.139. The normalized spacial score (nSPS) is 17.4. The van der Waals surface area contributed by atoms with E-state index in [2.05, 4.69) is 15.3 Å². The molecule has 1 amide bonds. The SMILES string of the molecule is C/C=C/C(=O)N1CC(OCCN2c3nc(NC)ncc3C=C(c3c(Cl)c(OC)cc(OC)c3Cl)C2O)C1. The highest BCUT2D eigenvalue weighted by Crippen LogP contribution is 2.47. The zero-order valence-electron chi connectivity index (χ0n) is 21.0. The summed E-state index contributed by atoms with van der Waals surface area (Å²) < 4.78 is 16.8. The summed E-state index contributed by atoms with van der Waals surface area (Å²) in [5, 5.41) is 14.9. The van der Waals surface area contributed by atoms with Gasteiger partial charge in [-0.15, -0.1) is 0 Å². The minimum Gasteiger partial charge on any atom is -0.495 e. The molecule has 0 radical (unpaired) electrons. The van der Waals surface area contributed by atoms with Crippen molar-refractivity contribution in [1.29, 1.82) is 0 Å². The van der Waals surface area contributed by atoms with E-state index in [1.54, 1.807) is 48.2 Å². The molecule has 12 heteroatoms. The Morgan fingerprint density at radius 3 is 2.51 bits per heavy atom. The average Bonchev–Trinajstić information content (AvgIpc) is 2.87. The molecule has 1 fully saturated rings. The first-order valence-corrected chi connectivity index (χ1v) is 12.4. The standard InChI is InChI=1S/C25H29Cl2N5O5/c1-5-6-19(33)31-12-15(13-31)37-8-7-32-23-14(11-29-25(28-2)30-23)9-16(24(32)34)20-21(26)17(35-3)10-18(36-4)22(20)27/h5-6,9-11,15,24,34H,7-8,12-13H2,1-4H3,(H,28,29,30)/b6-5+. The van der Waals surface area contributed by atoms with Crippen LogP contribution in [0.15, 0.2) is 24.4 Å². The number of aromatic nitrogens is 2. The molecule has 2 N–H and O–H groups in total. The minimum absolute atomic E-state index is 0.0312. The average molecular weight is 550 g/mol. The van der Waals surface area contributed by atoms with E-state index >= 15 is 0 Å². The van der Waals surface area contributed by atoms with Crippen molar-refractivity contribution in [2.75, 3.05) is 57.7 Å². The van der Waals surface area contributed by atoms with Crippen molar-refractivity contribution in [2.24, 2.45) is 0 Å². The molecular formula is C25H29Cl2N5O5. The van der Waals surface area contributed by atoms with Crippen LogP contribution in [-0.4, -0.2) is 85.7 Å². The molecule has 4 rings (SSSR count). The number of amides is 1. The van der Waals surface area contributed by atoms with Gasteiger partial charge in [0.05, 0.1) is 37.0 Å². The van der Waals surface area contributed by atoms with Crippen molar-refractivity contribution in [3.05, 3.63) is 45.6 Å². The molecule has 3 heterocycles. The van der Waals surface area contributed by atoms with E-state index < -0.39 is 6.23 Å². The van der Waals surface area contributed by atoms with E-state index in [9.17, 15) is 9.90 Å². The van der Waals surface area contributed by atoms with E-state index in [0.717, 1.165) is 0 Å². The number of carbonyl (C=O) groups is 1. The van der Waals surface area contributed by atoms with Crippen LogP contribution >= 0.6 is 23.2 Å². The molecule has 198 valence electrons. The maximum Gasteiger partial charge on any atom is 0.246 e. The van der Waals surface area contributed by atoms with Crippen LogP contribution in [0.4, 0.5) is 11.8 Å². The Balaban J connectivity index is 1.61. The van der Waals surface area contributed by atoms with Gasteiger partial charge in [-0.1, -0.05) is 29.3 Å². The number of benzene rings is 1. The van der Waals surface area contributed by atoms with E-state index in [0.29, 0.717) is 66.2 Å². The van der Waals surface area contributed by atoms with Crippen molar-refractivity contribution in [2.45, 2.75) is 19.3 Å². The van der Waals surface area contributed by atoms with Gasteiger partial charge in [0.25, 0.3) is 0 Å². The molecular weight excluding hydrogens is 521 g/mol. The number of nitrogens with one attached hydrogen (secondary N) is 1. The summed E-state index contributed by atoms with van der Waals surface area (Å²) in [5.74, 6) is 1.62. The van der Waals surface area contributed by atoms with Crippen molar-refractivity contribution in [1.82, 2.24) is 14.9 Å². The summed E-state index contributed by atoms with van der Waals surface area (Å²) in [4.78, 5) is 24.2. The molecule has 1 aromatic carbocycles. The highest BCUT2D eigenvalue weighted by Gasteiger charge is 2.34. The molecule has 2 aliphatic heterocycles. The van der Waals surface area contributed by atoms with Gasteiger partial charge in [-0.25, -0.2) is 4.98 Å². The smallest absolute Gasteiger partial charge is 0.246 e. The second-order valence-corrected chi connectivity index (χ2v) is 9.17. The molecule has 10 nitrogen and oxygen atoms in total. The Morgan fingerprint density at radius 2 is 1.92 bits per heavy atom. The molecule has 0 bridgehead atoms. The number of allylic oxidation sites excluding steroid dienone is 1. The summed E-state index contributed by atoms with van der Waals surface area (Å²) in [7, 11) is 4.70. The van der Waals surface area contributed by atoms with Crippen LogP contribution in [0.5, 0.6) is 11.5 Å². The summed E-state index contributed by atoms with van der Waals surface area (Å²) in [6, 6.07) is 1.59. The van der Waals surface area contributed by atoms with E-state index in [-0.39, 0.29) is 22.1 Å². The fourth-order valence-electron chi connectivity index (χ4n) is 4.22. The first-order valence-electron chi connectivity index (χ1n) is 11.7. The van der Waals surface area contributed by atoms with Crippen molar-refractivity contribution in [3.8, 4) is 11.5 Å². The summed E-state index contributed by atoms with van der Waals surface area (Å²) in [6.45, 7) is 3.45. The number of likely N-dealkylation sites (tertiary alicyclic amines) is 1. The van der Waals surface area contributed by atoms with Crippen LogP contribution in [0.1, 0.15) is 18.1 Å². The number of halogens is 2. The molecule has 1 atom stereocenters. The number of hydrogen-bond acceptors (Lipinski definition) is 9. The number of ether oxygens (including phenoxy) is 3. The lowest BCUT2D eigenvalue weighted by Crippen LogP contribution is -2.55. The summed E-state index contributed by atoms with van der Waals surface area (Å²) in [6.07, 6.45) is 5.43. The zero-order chi connectivity index (χ0) is 26.7. The summed E-state index contributed by atoms with van der Waals surface area (Å²) in [5.41, 5.74) is 1.49. The fraction of sp³-hybridized carbons (Fsp3) is 0.400. The van der Waals surface area contributed by atoms with Gasteiger partial charge >= 0.3 is 0 Å². The third-order valence-electron chi connectivity index (χ3n) is 6.19. The molecule has 1 aromatic heterocycles. The first-order chi connectivity index (χ1) is 17.8. The molecule has 1 saturated heterocycles. The Kier molecular flexibility index (Phi) is 8.43. The van der Waals surface area contributed by atoms with Crippen LogP contribution in [0, 0.1) is 0 Å². The van der Waals surface area contributed by atoms with E-state index in [4.69, 9.17) is 37.4 Å². The number of aliphatic hydroxyl groups is 1. The maximum atomic E-state index is 11.9. The van der Waals surface area contributed by atoms with Gasteiger partial charge in [-0.05, 0) is 19.1 Å². The van der Waals surface area contributed by atoms with Crippen molar-refractivity contribution in [3.63, 3.8) is 0 Å². The van der Waals surface area contributed by atoms with Gasteiger partial charge in [-0.2, -0.15) is 4.98 Å². The number of fused-ring (bicyclic) bond motifs is 1. The molecule has 37 heavy (non-hydrogen) atoms. The number of methoxy groups -OCH3 is 2. The van der Waals surface area contributed by atoms with Gasteiger partial charge < -0.3 is 34.4 Å². The van der Waals surface area contributed by atoms with Gasteiger partial charge in [0.1, 0.15) is 17.3 Å². The zero-order valence-corrected chi connectivity index (χ0v) is 22.5. The first kappa shape index (κ1) is 27.0. The van der Waals surface area contributed by atoms with Gasteiger partial charge in [0.2, 0.25) is 11.9 Å². The number of rotatable bonds is 9. The predicted molar refractivity (Wildman–Crippen MR) is 144 cm³/mol. The van der Waals surface area contributed by atoms with Crippen molar-refractivity contribution < 1.29 is 24.1 Å². The molecule has 2 aliphatic rings. The molecule has 1 unspecified atom stereocenters. The molecule has 2 aromatic rings. The number of anilines is 2. The second-order valence-electron chi connectivity index (χ2n) is 8.41. The Hall–Kier alpha value is -3.05. The number of nitrogens with zero attached hydrogens (tertiary/aromatic N) is 4. The molecule has 0 spiro atoms. The Bertz CT molecular complexity index is 1200. The lowest BCUT2D eigenvalue weighted by Gasteiger charge is -2.39. The van der Waals surface area contributed by atoms with E-state index in [1.165, 1.54) is 20.3 Å².